The van der Waals surface area contributed by atoms with E-state index in [1.54, 1.807) is 19.1 Å². The summed E-state index contributed by atoms with van der Waals surface area (Å²) in [6, 6.07) is 15.1. The van der Waals surface area contributed by atoms with E-state index in [1.807, 2.05) is 55.5 Å². The lowest BCUT2D eigenvalue weighted by Gasteiger charge is -2.39. The Morgan fingerprint density at radius 1 is 0.968 bits per heavy atom. The van der Waals surface area contributed by atoms with Crippen LogP contribution in [0, 0.1) is 5.41 Å². The van der Waals surface area contributed by atoms with Gasteiger partial charge in [-0.25, -0.2) is 4.79 Å². The standard InChI is InChI=1S/C24H31N3O4/c1-24(22(28)25-15-18-7-4-9-20(13-18)30-2)11-6-12-27(17-24)23(29)26-16-19-8-5-10-21(14-19)31-3/h4-5,7-10,13-14H,6,11-12,15-17H2,1-3H3,(H,25,28)(H,26,29)/t24-/m1/s1. The summed E-state index contributed by atoms with van der Waals surface area (Å²) in [7, 11) is 3.24. The molecule has 2 N–H and O–H groups in total. The number of hydrogen-bond donors (Lipinski definition) is 2. The van der Waals surface area contributed by atoms with Gasteiger partial charge >= 0.3 is 6.03 Å². The number of carbonyl (C=O) groups is 2. The SMILES string of the molecule is COc1cccc(CNC(=O)N2CCC[C@@](C)(C(=O)NCc3cccc(OC)c3)C2)c1. The van der Waals surface area contributed by atoms with Crippen molar-refractivity contribution in [3.05, 3.63) is 59.7 Å². The highest BCUT2D eigenvalue weighted by atomic mass is 16.5. The zero-order valence-corrected chi connectivity index (χ0v) is 18.4. The van der Waals surface area contributed by atoms with Crippen molar-refractivity contribution < 1.29 is 19.1 Å². The summed E-state index contributed by atoms with van der Waals surface area (Å²) in [5.74, 6) is 1.47. The molecule has 1 aliphatic rings. The third kappa shape index (κ3) is 5.90. The first kappa shape index (κ1) is 22.5. The maximum atomic E-state index is 13.0. The van der Waals surface area contributed by atoms with Crippen LogP contribution in [0.3, 0.4) is 0 Å². The second kappa shape index (κ2) is 10.2. The van der Waals surface area contributed by atoms with E-state index < -0.39 is 5.41 Å². The largest absolute Gasteiger partial charge is 0.497 e. The molecule has 0 radical (unpaired) electrons. The van der Waals surface area contributed by atoms with E-state index in [-0.39, 0.29) is 11.9 Å². The molecule has 0 unspecified atom stereocenters. The fourth-order valence-corrected chi connectivity index (χ4v) is 3.85. The number of methoxy groups -OCH3 is 2. The van der Waals surface area contributed by atoms with Crippen molar-refractivity contribution >= 4 is 11.9 Å². The minimum absolute atomic E-state index is 0.0411. The molecule has 1 fully saturated rings. The van der Waals surface area contributed by atoms with E-state index in [9.17, 15) is 9.59 Å². The highest BCUT2D eigenvalue weighted by Gasteiger charge is 2.39. The van der Waals surface area contributed by atoms with E-state index in [2.05, 4.69) is 10.6 Å². The molecule has 31 heavy (non-hydrogen) atoms. The molecule has 1 atom stereocenters. The van der Waals surface area contributed by atoms with Crippen molar-refractivity contribution in [2.75, 3.05) is 27.3 Å². The number of likely N-dealkylation sites (tertiary alicyclic amines) is 1. The first-order valence-corrected chi connectivity index (χ1v) is 10.5. The van der Waals surface area contributed by atoms with Gasteiger partial charge in [0.25, 0.3) is 0 Å². The summed E-state index contributed by atoms with van der Waals surface area (Å²) >= 11 is 0. The molecule has 2 aromatic carbocycles. The van der Waals surface area contributed by atoms with Gasteiger partial charge in [-0.05, 0) is 55.2 Å². The quantitative estimate of drug-likeness (QED) is 0.713. The number of rotatable bonds is 7. The van der Waals surface area contributed by atoms with Gasteiger partial charge in [-0.3, -0.25) is 4.79 Å². The summed E-state index contributed by atoms with van der Waals surface area (Å²) in [6.07, 6.45) is 1.53. The van der Waals surface area contributed by atoms with Crippen LogP contribution in [0.5, 0.6) is 11.5 Å². The first-order chi connectivity index (χ1) is 14.9. The minimum atomic E-state index is -0.621. The summed E-state index contributed by atoms with van der Waals surface area (Å²) in [5, 5.41) is 5.98. The van der Waals surface area contributed by atoms with Gasteiger partial charge in [0, 0.05) is 26.2 Å². The van der Waals surface area contributed by atoms with E-state index >= 15 is 0 Å². The number of ether oxygens (including phenoxy) is 2. The third-order valence-corrected chi connectivity index (χ3v) is 5.70. The molecule has 3 rings (SSSR count). The van der Waals surface area contributed by atoms with Crippen LogP contribution in [0.4, 0.5) is 4.79 Å². The van der Waals surface area contributed by atoms with Crippen LogP contribution >= 0.6 is 0 Å². The molecule has 0 saturated carbocycles. The number of hydrogen-bond acceptors (Lipinski definition) is 4. The lowest BCUT2D eigenvalue weighted by atomic mass is 9.81. The molecule has 0 spiro atoms. The topological polar surface area (TPSA) is 79.9 Å². The monoisotopic (exact) mass is 425 g/mol. The summed E-state index contributed by atoms with van der Waals surface area (Å²) in [4.78, 5) is 27.4. The fourth-order valence-electron chi connectivity index (χ4n) is 3.85. The van der Waals surface area contributed by atoms with Crippen molar-refractivity contribution in [3.63, 3.8) is 0 Å². The summed E-state index contributed by atoms with van der Waals surface area (Å²) < 4.78 is 10.5. The number of nitrogens with one attached hydrogen (secondary N) is 2. The third-order valence-electron chi connectivity index (χ3n) is 5.70. The van der Waals surface area contributed by atoms with Gasteiger partial charge < -0.3 is 25.0 Å². The lowest BCUT2D eigenvalue weighted by molar-refractivity contribution is -0.132. The Morgan fingerprint density at radius 3 is 2.13 bits per heavy atom. The molecule has 3 amide bonds. The smallest absolute Gasteiger partial charge is 0.317 e. The summed E-state index contributed by atoms with van der Waals surface area (Å²) in [5.41, 5.74) is 1.31. The number of urea groups is 1. The van der Waals surface area contributed by atoms with Gasteiger partial charge in [0.1, 0.15) is 11.5 Å². The number of carbonyl (C=O) groups excluding carboxylic acids is 2. The molecular weight excluding hydrogens is 394 g/mol. The molecule has 166 valence electrons. The molecule has 1 aliphatic heterocycles. The average molecular weight is 426 g/mol. The molecular formula is C24H31N3O4. The molecule has 0 bridgehead atoms. The molecule has 7 heteroatoms. The van der Waals surface area contributed by atoms with Crippen LogP contribution < -0.4 is 20.1 Å². The molecule has 7 nitrogen and oxygen atoms in total. The van der Waals surface area contributed by atoms with Crippen LogP contribution in [-0.4, -0.2) is 44.1 Å². The predicted molar refractivity (Wildman–Crippen MR) is 119 cm³/mol. The van der Waals surface area contributed by atoms with E-state index in [1.165, 1.54) is 0 Å². The van der Waals surface area contributed by atoms with Crippen molar-refractivity contribution in [2.24, 2.45) is 5.41 Å². The number of piperidine rings is 1. The molecule has 0 aliphatic carbocycles. The van der Waals surface area contributed by atoms with E-state index in [4.69, 9.17) is 9.47 Å². The Hall–Kier alpha value is -3.22. The van der Waals surface area contributed by atoms with Crippen LogP contribution in [0.15, 0.2) is 48.5 Å². The van der Waals surface area contributed by atoms with Crippen LogP contribution in [0.2, 0.25) is 0 Å². The normalized spacial score (nSPS) is 18.2. The van der Waals surface area contributed by atoms with E-state index in [0.717, 1.165) is 35.5 Å². The van der Waals surface area contributed by atoms with Crippen molar-refractivity contribution in [2.45, 2.75) is 32.9 Å². The van der Waals surface area contributed by atoms with Gasteiger partial charge in [-0.2, -0.15) is 0 Å². The fraction of sp³-hybridized carbons (Fsp3) is 0.417. The van der Waals surface area contributed by atoms with Gasteiger partial charge in [0.15, 0.2) is 0 Å². The Kier molecular flexibility index (Phi) is 7.39. The minimum Gasteiger partial charge on any atom is -0.497 e. The maximum absolute atomic E-state index is 13.0. The summed E-state index contributed by atoms with van der Waals surface area (Å²) in [6.45, 7) is 3.79. The zero-order chi connectivity index (χ0) is 22.3. The van der Waals surface area contributed by atoms with Crippen LogP contribution in [0.1, 0.15) is 30.9 Å². The Labute approximate surface area is 183 Å². The highest BCUT2D eigenvalue weighted by Crippen LogP contribution is 2.30. The zero-order valence-electron chi connectivity index (χ0n) is 18.4. The molecule has 1 saturated heterocycles. The van der Waals surface area contributed by atoms with Gasteiger partial charge in [0.2, 0.25) is 5.91 Å². The Balaban J connectivity index is 1.54. The Bertz CT molecular complexity index is 917. The lowest BCUT2D eigenvalue weighted by Crippen LogP contribution is -2.53. The average Bonchev–Trinajstić information content (AvgIpc) is 2.81. The van der Waals surface area contributed by atoms with Gasteiger partial charge in [-0.1, -0.05) is 24.3 Å². The van der Waals surface area contributed by atoms with Crippen molar-refractivity contribution in [1.82, 2.24) is 15.5 Å². The number of amides is 3. The first-order valence-electron chi connectivity index (χ1n) is 10.5. The Morgan fingerprint density at radius 2 is 1.55 bits per heavy atom. The van der Waals surface area contributed by atoms with Crippen LogP contribution in [0.25, 0.3) is 0 Å². The predicted octanol–water partition coefficient (Wildman–Crippen LogP) is 3.33. The van der Waals surface area contributed by atoms with Crippen molar-refractivity contribution in [1.29, 1.82) is 0 Å². The van der Waals surface area contributed by atoms with E-state index in [0.29, 0.717) is 26.2 Å². The van der Waals surface area contributed by atoms with Gasteiger partial charge in [-0.15, -0.1) is 0 Å². The van der Waals surface area contributed by atoms with Gasteiger partial charge in [0.05, 0.1) is 19.6 Å². The molecule has 0 aromatic heterocycles. The number of nitrogens with zero attached hydrogens (tertiary/aromatic N) is 1. The van der Waals surface area contributed by atoms with Crippen molar-refractivity contribution in [3.8, 4) is 11.5 Å². The molecule has 1 heterocycles. The second-order valence-corrected chi connectivity index (χ2v) is 8.13. The maximum Gasteiger partial charge on any atom is 0.317 e. The number of benzene rings is 2. The highest BCUT2D eigenvalue weighted by molar-refractivity contribution is 5.84. The van der Waals surface area contributed by atoms with Crippen LogP contribution in [-0.2, 0) is 17.9 Å². The second-order valence-electron chi connectivity index (χ2n) is 8.13. The molecule has 2 aromatic rings.